The lowest BCUT2D eigenvalue weighted by molar-refractivity contribution is -0.134. The van der Waals surface area contributed by atoms with Crippen molar-refractivity contribution in [3.05, 3.63) is 65.5 Å². The summed E-state index contributed by atoms with van der Waals surface area (Å²) in [5, 5.41) is 6.55. The van der Waals surface area contributed by atoms with Gasteiger partial charge in [0.15, 0.2) is 0 Å². The van der Waals surface area contributed by atoms with Crippen LogP contribution in [-0.4, -0.2) is 113 Å². The zero-order valence-corrected chi connectivity index (χ0v) is 33.4. The van der Waals surface area contributed by atoms with Crippen molar-refractivity contribution in [2.75, 3.05) is 51.4 Å². The third kappa shape index (κ3) is 13.9. The predicted molar refractivity (Wildman–Crippen MR) is 200 cm³/mol. The Labute approximate surface area is 334 Å². The van der Waals surface area contributed by atoms with Crippen molar-refractivity contribution in [1.82, 2.24) is 39.3 Å². The standard InChI is InChI=1S/C17H20N6O7S.C15H16F3N5O4S/c1-23(2)15(25)11-6-5-10(18-9-24)7-12(11)31(27,28)22-17(26)21-16-19-13(29-3)8-14(20-16)30-4;1-9-19-12(22-14(20-9)27-2)21-13(24)23-28(25,26)11-6-4-3-5-10(11)7-8-15(16,17)18/h5-9H,1-4H3,(H,18,24)(H2,19,20,21,22,26);3-6H,7-8H2,1-2H3,(H2,19,20,21,22,23,24). The summed E-state index contributed by atoms with van der Waals surface area (Å²) < 4.78 is 106. The zero-order valence-electron chi connectivity index (χ0n) is 31.7. The Morgan fingerprint density at radius 2 is 1.32 bits per heavy atom. The Morgan fingerprint density at radius 1 is 0.763 bits per heavy atom. The molecule has 0 unspecified atom stereocenters. The highest BCUT2D eigenvalue weighted by atomic mass is 32.2. The molecule has 6 amide bonds. The molecule has 4 rings (SSSR count). The van der Waals surface area contributed by atoms with Crippen molar-refractivity contribution in [2.45, 2.75) is 35.7 Å². The maximum atomic E-state index is 12.8. The number of carbonyl (C=O) groups is 4. The number of aromatic nitrogens is 5. The number of rotatable bonds is 14. The van der Waals surface area contributed by atoms with E-state index in [4.69, 9.17) is 14.2 Å². The van der Waals surface area contributed by atoms with E-state index in [1.165, 1.54) is 78.7 Å². The van der Waals surface area contributed by atoms with Gasteiger partial charge in [-0.2, -0.15) is 38.1 Å². The van der Waals surface area contributed by atoms with E-state index in [0.29, 0.717) is 6.41 Å². The van der Waals surface area contributed by atoms with Crippen molar-refractivity contribution in [2.24, 2.45) is 0 Å². The molecule has 0 spiro atoms. The summed E-state index contributed by atoms with van der Waals surface area (Å²) in [6.45, 7) is 1.50. The van der Waals surface area contributed by atoms with Gasteiger partial charge in [0.2, 0.25) is 30.1 Å². The highest BCUT2D eigenvalue weighted by Gasteiger charge is 2.29. The lowest BCUT2D eigenvalue weighted by Crippen LogP contribution is -2.36. The molecular formula is C32H36F3N11O11S2. The number of hydrogen-bond acceptors (Lipinski definition) is 16. The molecule has 0 fully saturated rings. The minimum Gasteiger partial charge on any atom is -0.481 e. The maximum absolute atomic E-state index is 12.8. The molecule has 22 nitrogen and oxygen atoms in total. The van der Waals surface area contributed by atoms with Crippen molar-refractivity contribution >= 4 is 62.0 Å². The summed E-state index contributed by atoms with van der Waals surface area (Å²) in [6.07, 6.45) is -5.86. The van der Waals surface area contributed by atoms with Gasteiger partial charge in [-0.25, -0.2) is 35.9 Å². The van der Waals surface area contributed by atoms with Crippen LogP contribution in [0.4, 0.5) is 40.3 Å². The van der Waals surface area contributed by atoms with Crippen molar-refractivity contribution in [3.63, 3.8) is 0 Å². The summed E-state index contributed by atoms with van der Waals surface area (Å²) in [5.41, 5.74) is -0.175. The second-order valence-corrected chi connectivity index (χ2v) is 14.8. The Hall–Kier alpha value is -6.90. The topological polar surface area (TPSA) is 292 Å². The number of alkyl halides is 3. The Kier molecular flexibility index (Phi) is 15.7. The quantitative estimate of drug-likeness (QED) is 0.114. The molecule has 5 N–H and O–H groups in total. The lowest BCUT2D eigenvalue weighted by Gasteiger charge is -2.16. The molecule has 0 aliphatic heterocycles. The maximum Gasteiger partial charge on any atom is 0.389 e. The van der Waals surface area contributed by atoms with E-state index in [2.05, 4.69) is 40.9 Å². The molecule has 0 aliphatic rings. The Morgan fingerprint density at radius 3 is 1.85 bits per heavy atom. The Balaban J connectivity index is 0.000000317. The molecule has 2 heterocycles. The summed E-state index contributed by atoms with van der Waals surface area (Å²) in [6, 6.07) is 7.58. The number of sulfonamides is 2. The summed E-state index contributed by atoms with van der Waals surface area (Å²) in [4.78, 5) is 66.7. The van der Waals surface area contributed by atoms with E-state index in [1.807, 2.05) is 0 Å². The fourth-order valence-electron chi connectivity index (χ4n) is 4.45. The summed E-state index contributed by atoms with van der Waals surface area (Å²) >= 11 is 0. The number of anilines is 3. The number of carbonyl (C=O) groups excluding carboxylic acids is 4. The van der Waals surface area contributed by atoms with Crippen molar-refractivity contribution in [1.29, 1.82) is 0 Å². The zero-order chi connectivity index (χ0) is 44.1. The number of nitrogens with one attached hydrogen (secondary N) is 5. The molecule has 4 aromatic rings. The molecular weight excluding hydrogens is 836 g/mol. The van der Waals surface area contributed by atoms with Gasteiger partial charge in [0.05, 0.1) is 37.9 Å². The van der Waals surface area contributed by atoms with Crippen LogP contribution < -0.4 is 39.6 Å². The van der Waals surface area contributed by atoms with Crippen LogP contribution in [0.2, 0.25) is 0 Å². The summed E-state index contributed by atoms with van der Waals surface area (Å²) in [5.74, 6) is -0.831. The number of benzene rings is 2. The average molecular weight is 872 g/mol. The smallest absolute Gasteiger partial charge is 0.389 e. The molecule has 0 aliphatic carbocycles. The van der Waals surface area contributed by atoms with Crippen LogP contribution in [0.15, 0.2) is 58.3 Å². The van der Waals surface area contributed by atoms with Crippen LogP contribution in [0.3, 0.4) is 0 Å². The monoisotopic (exact) mass is 871 g/mol. The average Bonchev–Trinajstić information content (AvgIpc) is 3.16. The van der Waals surface area contributed by atoms with Crippen molar-refractivity contribution < 1.29 is 63.4 Å². The van der Waals surface area contributed by atoms with Gasteiger partial charge < -0.3 is 24.4 Å². The van der Waals surface area contributed by atoms with E-state index in [-0.39, 0.29) is 52.3 Å². The first-order valence-electron chi connectivity index (χ1n) is 16.2. The SMILES string of the molecule is COc1cc(OC)nc(NC(=O)NS(=O)(=O)c2cc(NC=O)ccc2C(=O)N(C)C)n1.COc1nc(C)nc(NC(=O)NS(=O)(=O)c2ccccc2CCC(F)(F)F)n1. The first-order chi connectivity index (χ1) is 27.6. The van der Waals surface area contributed by atoms with E-state index in [9.17, 15) is 49.2 Å². The van der Waals surface area contributed by atoms with Crippen LogP contribution >= 0.6 is 0 Å². The minimum atomic E-state index is -4.54. The van der Waals surface area contributed by atoms with Gasteiger partial charge in [-0.1, -0.05) is 18.2 Å². The fraction of sp³-hybridized carbons (Fsp3) is 0.281. The highest BCUT2D eigenvalue weighted by molar-refractivity contribution is 7.90. The van der Waals surface area contributed by atoms with Gasteiger partial charge in [0.1, 0.15) is 10.7 Å². The van der Waals surface area contributed by atoms with E-state index in [0.717, 1.165) is 17.0 Å². The van der Waals surface area contributed by atoms with Crippen molar-refractivity contribution in [3.8, 4) is 17.8 Å². The summed E-state index contributed by atoms with van der Waals surface area (Å²) in [7, 11) is -2.15. The number of halogens is 3. The highest BCUT2D eigenvalue weighted by Crippen LogP contribution is 2.26. The molecule has 2 aromatic heterocycles. The fourth-order valence-corrected chi connectivity index (χ4v) is 6.76. The molecule has 2 aromatic carbocycles. The Bertz CT molecular complexity index is 2380. The van der Waals surface area contributed by atoms with E-state index in [1.54, 1.807) is 9.44 Å². The number of ether oxygens (including phenoxy) is 3. The molecule has 27 heteroatoms. The van der Waals surface area contributed by atoms with Gasteiger partial charge in [0, 0.05) is 26.2 Å². The van der Waals surface area contributed by atoms with Gasteiger partial charge in [0.25, 0.3) is 26.0 Å². The molecule has 0 radical (unpaired) electrons. The molecule has 0 saturated heterocycles. The molecule has 0 bridgehead atoms. The first-order valence-corrected chi connectivity index (χ1v) is 19.2. The molecule has 0 atom stereocenters. The van der Waals surface area contributed by atoms with Gasteiger partial charge in [-0.05, 0) is 43.2 Å². The number of nitrogens with zero attached hydrogens (tertiary/aromatic N) is 6. The minimum absolute atomic E-state index is 0.0662. The van der Waals surface area contributed by atoms with Crippen LogP contribution in [-0.2, 0) is 31.3 Å². The third-order valence-electron chi connectivity index (χ3n) is 6.98. The second-order valence-electron chi connectivity index (χ2n) is 11.5. The van der Waals surface area contributed by atoms with Crippen LogP contribution in [0, 0.1) is 6.92 Å². The van der Waals surface area contributed by atoms with Gasteiger partial charge >= 0.3 is 24.2 Å². The number of urea groups is 2. The first kappa shape index (κ1) is 46.5. The molecule has 318 valence electrons. The van der Waals surface area contributed by atoms with Gasteiger partial charge in [-0.15, -0.1) is 0 Å². The second kappa shape index (κ2) is 20.0. The third-order valence-corrected chi connectivity index (χ3v) is 9.79. The molecule has 59 heavy (non-hydrogen) atoms. The van der Waals surface area contributed by atoms with Crippen LogP contribution in [0.25, 0.3) is 0 Å². The van der Waals surface area contributed by atoms with Crippen LogP contribution in [0.1, 0.15) is 28.2 Å². The molecule has 0 saturated carbocycles. The number of amides is 6. The predicted octanol–water partition coefficient (Wildman–Crippen LogP) is 2.47. The largest absolute Gasteiger partial charge is 0.481 e. The lowest BCUT2D eigenvalue weighted by atomic mass is 10.1. The number of hydrogen-bond donors (Lipinski definition) is 5. The number of aryl methyl sites for hydroxylation is 2. The normalized spacial score (nSPS) is 11.1. The van der Waals surface area contributed by atoms with E-state index < -0.39 is 66.8 Å². The van der Waals surface area contributed by atoms with Crippen LogP contribution in [0.5, 0.6) is 17.8 Å². The van der Waals surface area contributed by atoms with E-state index >= 15 is 0 Å². The number of methoxy groups -OCH3 is 3. The van der Waals surface area contributed by atoms with Gasteiger partial charge in [-0.3, -0.25) is 20.2 Å².